The van der Waals surface area contributed by atoms with Crippen LogP contribution < -0.4 is 15.9 Å². The number of nitrogens with one attached hydrogen (secondary N) is 2. The van der Waals surface area contributed by atoms with Crippen LogP contribution >= 0.6 is 0 Å². The Labute approximate surface area is 152 Å². The van der Waals surface area contributed by atoms with Gasteiger partial charge in [-0.05, 0) is 50.3 Å². The van der Waals surface area contributed by atoms with E-state index in [0.29, 0.717) is 0 Å². The van der Waals surface area contributed by atoms with Crippen LogP contribution in [0.15, 0.2) is 71.5 Å². The van der Waals surface area contributed by atoms with Crippen molar-refractivity contribution in [3.63, 3.8) is 0 Å². The summed E-state index contributed by atoms with van der Waals surface area (Å²) in [6, 6.07) is 20.0. The Balaban J connectivity index is 1.81. The van der Waals surface area contributed by atoms with Crippen LogP contribution in [0.4, 0.5) is 11.5 Å². The van der Waals surface area contributed by atoms with Crippen LogP contribution in [0.25, 0.3) is 11.8 Å². The van der Waals surface area contributed by atoms with Crippen LogP contribution in [0, 0.1) is 0 Å². The molecule has 1 unspecified atom stereocenters. The van der Waals surface area contributed by atoms with Gasteiger partial charge >= 0.3 is 5.69 Å². The van der Waals surface area contributed by atoms with Crippen LogP contribution in [0.2, 0.25) is 0 Å². The minimum Gasteiger partial charge on any atom is -0.362 e. The second kappa shape index (κ2) is 6.59. The van der Waals surface area contributed by atoms with E-state index in [1.165, 1.54) is 0 Å². The first-order chi connectivity index (χ1) is 12.6. The van der Waals surface area contributed by atoms with E-state index in [9.17, 15) is 4.79 Å². The smallest absolute Gasteiger partial charge is 0.332 e. The van der Waals surface area contributed by atoms with Crippen LogP contribution in [0.3, 0.4) is 0 Å². The highest BCUT2D eigenvalue weighted by Crippen LogP contribution is 2.31. The molecule has 0 spiro atoms. The molecule has 0 aliphatic carbocycles. The summed E-state index contributed by atoms with van der Waals surface area (Å²) in [7, 11) is 0. The number of imidazole rings is 1. The Morgan fingerprint density at radius 1 is 1.00 bits per heavy atom. The van der Waals surface area contributed by atoms with Gasteiger partial charge in [0, 0.05) is 11.7 Å². The van der Waals surface area contributed by atoms with Crippen LogP contribution in [-0.2, 0) is 0 Å². The highest BCUT2D eigenvalue weighted by molar-refractivity contribution is 5.70. The predicted octanol–water partition coefficient (Wildman–Crippen LogP) is 3.85. The maximum absolute atomic E-state index is 12.7. The summed E-state index contributed by atoms with van der Waals surface area (Å²) < 4.78 is 1.75. The number of aromatic nitrogens is 2. The molecule has 0 saturated heterocycles. The Hall–Kier alpha value is -3.21. The number of aromatic amines is 1. The van der Waals surface area contributed by atoms with Crippen molar-refractivity contribution in [2.45, 2.75) is 26.1 Å². The molecule has 5 nitrogen and oxygen atoms in total. The minimum absolute atomic E-state index is 0.0462. The maximum Gasteiger partial charge on any atom is 0.332 e. The van der Waals surface area contributed by atoms with E-state index in [0.717, 1.165) is 22.9 Å². The first-order valence-electron chi connectivity index (χ1n) is 8.84. The van der Waals surface area contributed by atoms with E-state index in [-0.39, 0.29) is 17.9 Å². The maximum atomic E-state index is 12.7. The van der Waals surface area contributed by atoms with Gasteiger partial charge in [-0.2, -0.15) is 0 Å². The van der Waals surface area contributed by atoms with Gasteiger partial charge in [0.15, 0.2) is 0 Å². The Bertz CT molecular complexity index is 970. The van der Waals surface area contributed by atoms with E-state index in [1.54, 1.807) is 4.57 Å². The standard InChI is InChI=1S/C21H22N4O/c1-15(2)24-19(22-16-9-5-3-6-10-16)14-13-18-20(24)25(21(26)23-18)17-11-7-4-8-12-17/h3-15,19,22H,1-2H3,(H,23,26). The molecular weight excluding hydrogens is 324 g/mol. The first-order valence-corrected chi connectivity index (χ1v) is 8.84. The van der Waals surface area contributed by atoms with Gasteiger partial charge in [-0.1, -0.05) is 36.4 Å². The summed E-state index contributed by atoms with van der Waals surface area (Å²) in [5.41, 5.74) is 2.60. The third-order valence-corrected chi connectivity index (χ3v) is 4.55. The molecule has 1 aliphatic heterocycles. The number of nitrogens with zero attached hydrogens (tertiary/aromatic N) is 2. The molecule has 4 rings (SSSR count). The normalized spacial score (nSPS) is 16.0. The molecule has 2 aromatic carbocycles. The number of rotatable bonds is 4. The Morgan fingerprint density at radius 3 is 2.31 bits per heavy atom. The van der Waals surface area contributed by atoms with Gasteiger partial charge in [-0.15, -0.1) is 0 Å². The van der Waals surface area contributed by atoms with E-state index in [4.69, 9.17) is 0 Å². The number of H-pyrrole nitrogens is 1. The second-order valence-electron chi connectivity index (χ2n) is 6.65. The van der Waals surface area contributed by atoms with Gasteiger partial charge in [0.1, 0.15) is 12.0 Å². The lowest BCUT2D eigenvalue weighted by atomic mass is 10.1. The van der Waals surface area contributed by atoms with Crippen LogP contribution in [-0.4, -0.2) is 21.8 Å². The average Bonchev–Trinajstić information content (AvgIpc) is 2.98. The van der Waals surface area contributed by atoms with Crippen molar-refractivity contribution in [1.29, 1.82) is 0 Å². The largest absolute Gasteiger partial charge is 0.362 e. The van der Waals surface area contributed by atoms with Crippen molar-refractivity contribution in [2.75, 3.05) is 10.2 Å². The number of hydrogen-bond acceptors (Lipinski definition) is 3. The summed E-state index contributed by atoms with van der Waals surface area (Å²) in [6.45, 7) is 4.27. The molecule has 0 saturated carbocycles. The Morgan fingerprint density at radius 2 is 1.65 bits per heavy atom. The number of anilines is 2. The molecule has 0 radical (unpaired) electrons. The van der Waals surface area contributed by atoms with Gasteiger partial charge in [-0.25, -0.2) is 9.36 Å². The number of hydrogen-bond donors (Lipinski definition) is 2. The van der Waals surface area contributed by atoms with E-state index in [1.807, 2.05) is 66.7 Å². The highest BCUT2D eigenvalue weighted by Gasteiger charge is 2.30. The molecule has 3 aromatic rings. The van der Waals surface area contributed by atoms with Gasteiger partial charge in [0.25, 0.3) is 0 Å². The topological polar surface area (TPSA) is 53.1 Å². The molecule has 26 heavy (non-hydrogen) atoms. The monoisotopic (exact) mass is 346 g/mol. The molecule has 0 fully saturated rings. The quantitative estimate of drug-likeness (QED) is 0.754. The lowest BCUT2D eigenvalue weighted by Gasteiger charge is -2.38. The second-order valence-corrected chi connectivity index (χ2v) is 6.65. The lowest BCUT2D eigenvalue weighted by molar-refractivity contribution is 0.629. The number of para-hydroxylation sites is 2. The number of benzene rings is 2. The number of fused-ring (bicyclic) bond motifs is 1. The van der Waals surface area contributed by atoms with E-state index >= 15 is 0 Å². The van der Waals surface area contributed by atoms with Crippen LogP contribution in [0.5, 0.6) is 0 Å². The minimum atomic E-state index is -0.128. The fourth-order valence-electron chi connectivity index (χ4n) is 3.43. The first kappa shape index (κ1) is 16.3. The molecule has 1 atom stereocenters. The summed E-state index contributed by atoms with van der Waals surface area (Å²) in [4.78, 5) is 17.9. The van der Waals surface area contributed by atoms with E-state index < -0.39 is 0 Å². The van der Waals surface area contributed by atoms with Crippen molar-refractivity contribution in [2.24, 2.45) is 0 Å². The van der Waals surface area contributed by atoms with Gasteiger partial charge in [0.2, 0.25) is 0 Å². The zero-order valence-corrected chi connectivity index (χ0v) is 14.9. The average molecular weight is 346 g/mol. The molecule has 0 amide bonds. The van der Waals surface area contributed by atoms with Crippen molar-refractivity contribution in [1.82, 2.24) is 9.55 Å². The molecule has 5 heteroatoms. The van der Waals surface area contributed by atoms with Crippen molar-refractivity contribution < 1.29 is 0 Å². The summed E-state index contributed by atoms with van der Waals surface area (Å²) in [5, 5.41) is 3.55. The summed E-state index contributed by atoms with van der Waals surface area (Å²) >= 11 is 0. The molecule has 1 aliphatic rings. The highest BCUT2D eigenvalue weighted by atomic mass is 16.1. The summed E-state index contributed by atoms with van der Waals surface area (Å²) in [6.07, 6.45) is 4.02. The Kier molecular flexibility index (Phi) is 4.13. The molecule has 2 N–H and O–H groups in total. The predicted molar refractivity (Wildman–Crippen MR) is 107 cm³/mol. The zero-order valence-electron chi connectivity index (χ0n) is 14.9. The van der Waals surface area contributed by atoms with Gasteiger partial charge < -0.3 is 15.2 Å². The zero-order chi connectivity index (χ0) is 18.1. The van der Waals surface area contributed by atoms with Gasteiger partial charge in [-0.3, -0.25) is 0 Å². The van der Waals surface area contributed by atoms with Crippen molar-refractivity contribution >= 4 is 17.6 Å². The van der Waals surface area contributed by atoms with E-state index in [2.05, 4.69) is 35.1 Å². The SMILES string of the molecule is CC(C)N1c2c([nH]c(=O)n2-c2ccccc2)C=CC1Nc1ccccc1. The third kappa shape index (κ3) is 2.81. The van der Waals surface area contributed by atoms with Crippen molar-refractivity contribution in [3.05, 3.63) is 82.9 Å². The van der Waals surface area contributed by atoms with Gasteiger partial charge in [0.05, 0.1) is 11.4 Å². The van der Waals surface area contributed by atoms with Crippen LogP contribution in [0.1, 0.15) is 19.5 Å². The third-order valence-electron chi connectivity index (χ3n) is 4.55. The summed E-state index contributed by atoms with van der Waals surface area (Å²) in [5.74, 6) is 0.882. The molecule has 132 valence electrons. The fourth-order valence-corrected chi connectivity index (χ4v) is 3.43. The molecule has 1 aromatic heterocycles. The molecular formula is C21H22N4O. The fraction of sp³-hybridized carbons (Fsp3) is 0.190. The molecule has 0 bridgehead atoms. The van der Waals surface area contributed by atoms with Crippen molar-refractivity contribution in [3.8, 4) is 5.69 Å². The molecule has 2 heterocycles. The lowest BCUT2D eigenvalue weighted by Crippen LogP contribution is -2.47.